The van der Waals surface area contributed by atoms with Gasteiger partial charge in [-0.1, -0.05) is 11.6 Å². The zero-order valence-corrected chi connectivity index (χ0v) is 32.8. The molecule has 5 saturated heterocycles. The van der Waals surface area contributed by atoms with Gasteiger partial charge in [-0.05, 0) is 91.8 Å². The van der Waals surface area contributed by atoms with Crippen LogP contribution in [-0.2, 0) is 9.59 Å². The number of nitrogens with zero attached hydrogens (tertiary/aromatic N) is 7. The highest BCUT2D eigenvalue weighted by molar-refractivity contribution is 6.32. The number of imide groups is 2. The second-order valence-corrected chi connectivity index (χ2v) is 17.1. The van der Waals surface area contributed by atoms with Gasteiger partial charge in [0.15, 0.2) is 5.67 Å². The second-order valence-electron chi connectivity index (χ2n) is 16.7. The van der Waals surface area contributed by atoms with Gasteiger partial charge in [0.2, 0.25) is 11.8 Å². The Kier molecular flexibility index (Phi) is 9.63. The van der Waals surface area contributed by atoms with E-state index in [1.807, 2.05) is 46.2 Å². The Labute approximate surface area is 340 Å². The van der Waals surface area contributed by atoms with Crippen molar-refractivity contribution >= 4 is 58.2 Å². The number of carbonyl (C=O) groups is 5. The average molecular weight is 807 g/mol. The highest BCUT2D eigenvalue weighted by Gasteiger charge is 2.48. The molecule has 6 aliphatic rings. The number of fused-ring (bicyclic) bond motifs is 1. The molecule has 0 aromatic heterocycles. The third-order valence-electron chi connectivity index (χ3n) is 13.1. The Hall–Kier alpha value is -5.52. The molecule has 0 radical (unpaired) electrons. The third kappa shape index (κ3) is 6.94. The number of halogens is 2. The number of amides is 5. The van der Waals surface area contributed by atoms with Gasteiger partial charge in [-0.2, -0.15) is 5.26 Å². The molecule has 300 valence electrons. The molecule has 3 aromatic rings. The summed E-state index contributed by atoms with van der Waals surface area (Å²) in [5.74, 6) is -2.28. The Balaban J connectivity index is 0.729. The monoisotopic (exact) mass is 806 g/mol. The molecular formula is C43H44ClFN8O5. The van der Waals surface area contributed by atoms with Gasteiger partial charge in [0.1, 0.15) is 12.1 Å². The number of nitriles is 1. The van der Waals surface area contributed by atoms with Crippen molar-refractivity contribution in [2.24, 2.45) is 5.41 Å². The fraction of sp³-hybridized carbons (Fsp3) is 0.442. The first-order chi connectivity index (χ1) is 27.9. The summed E-state index contributed by atoms with van der Waals surface area (Å²) in [5, 5.41) is 11.9. The molecule has 13 nitrogen and oxygen atoms in total. The molecule has 6 aliphatic heterocycles. The van der Waals surface area contributed by atoms with E-state index in [1.54, 1.807) is 24.3 Å². The predicted molar refractivity (Wildman–Crippen MR) is 215 cm³/mol. The zero-order chi connectivity index (χ0) is 40.3. The lowest BCUT2D eigenvalue weighted by Crippen LogP contribution is -2.65. The van der Waals surface area contributed by atoms with Gasteiger partial charge in [-0.15, -0.1) is 0 Å². The van der Waals surface area contributed by atoms with E-state index in [4.69, 9.17) is 11.6 Å². The Morgan fingerprint density at radius 3 is 2.09 bits per heavy atom. The van der Waals surface area contributed by atoms with Gasteiger partial charge >= 0.3 is 0 Å². The molecule has 0 bridgehead atoms. The van der Waals surface area contributed by atoms with E-state index >= 15 is 4.39 Å². The van der Waals surface area contributed by atoms with Crippen molar-refractivity contribution in [1.29, 1.82) is 5.26 Å². The zero-order valence-electron chi connectivity index (χ0n) is 32.1. The van der Waals surface area contributed by atoms with Gasteiger partial charge in [0.05, 0.1) is 34.8 Å². The lowest BCUT2D eigenvalue weighted by atomic mass is 9.77. The number of hydrogen-bond donors (Lipinski definition) is 1. The van der Waals surface area contributed by atoms with Crippen LogP contribution in [0.3, 0.4) is 0 Å². The van der Waals surface area contributed by atoms with Crippen molar-refractivity contribution < 1.29 is 28.4 Å². The number of alkyl halides is 1. The maximum atomic E-state index is 16.0. The van der Waals surface area contributed by atoms with E-state index in [2.05, 4.69) is 26.1 Å². The third-order valence-corrected chi connectivity index (χ3v) is 13.4. The fourth-order valence-corrected chi connectivity index (χ4v) is 9.89. The molecule has 9 rings (SSSR count). The molecule has 0 aliphatic carbocycles. The van der Waals surface area contributed by atoms with Crippen LogP contribution in [0.25, 0.3) is 0 Å². The van der Waals surface area contributed by atoms with E-state index < -0.39 is 35.3 Å². The largest absolute Gasteiger partial charge is 0.371 e. The van der Waals surface area contributed by atoms with Crippen LogP contribution in [-0.4, -0.2) is 128 Å². The van der Waals surface area contributed by atoms with Crippen molar-refractivity contribution in [3.8, 4) is 6.07 Å². The molecule has 58 heavy (non-hydrogen) atoms. The molecule has 6 heterocycles. The SMILES string of the molecule is N#Cc1ccc(N2CCC3(CCN(c4ccc(C(=O)N5CCN(CC6(F)CN(c7ccc8c(c7)C(=O)N(C7CCC(=O)NC7=O)C8=O)C6)CC5)cc4)CC3)C2)cc1Cl. The van der Waals surface area contributed by atoms with Crippen molar-refractivity contribution in [2.45, 2.75) is 43.8 Å². The Morgan fingerprint density at radius 1 is 0.776 bits per heavy atom. The average Bonchev–Trinajstić information content (AvgIpc) is 3.74. The van der Waals surface area contributed by atoms with Crippen molar-refractivity contribution in [1.82, 2.24) is 20.0 Å². The standard InChI is InChI=1S/C43H44ClFN8O5/c44-35-22-32(6-3-29(35)23-46)51-16-13-42(24-51)11-14-49(15-12-42)30-4-1-28(2-5-30)39(56)50-19-17-48(18-20-50)25-43(45)26-52(27-43)31-7-8-33-34(21-31)41(58)53(40(33)57)36-9-10-37(54)47-38(36)55/h1-8,21-22,36H,9-20,24-27H2,(H,47,54,55). The van der Waals surface area contributed by atoms with Crippen LogP contribution in [0.5, 0.6) is 0 Å². The molecule has 1 N–H and O–H groups in total. The summed E-state index contributed by atoms with van der Waals surface area (Å²) >= 11 is 6.32. The second kappa shape index (κ2) is 14.7. The highest BCUT2D eigenvalue weighted by atomic mass is 35.5. The summed E-state index contributed by atoms with van der Waals surface area (Å²) in [4.78, 5) is 75.2. The topological polar surface area (TPSA) is 141 Å². The number of carbonyl (C=O) groups excluding carboxylic acids is 5. The van der Waals surface area contributed by atoms with E-state index in [1.165, 1.54) is 0 Å². The van der Waals surface area contributed by atoms with Gasteiger partial charge in [-0.3, -0.25) is 39.1 Å². The van der Waals surface area contributed by atoms with Crippen LogP contribution in [0.1, 0.15) is 68.7 Å². The lowest BCUT2D eigenvalue weighted by Gasteiger charge is -2.49. The summed E-state index contributed by atoms with van der Waals surface area (Å²) in [5.41, 5.74) is 3.09. The quantitative estimate of drug-likeness (QED) is 0.348. The minimum absolute atomic E-state index is 0.0247. The maximum absolute atomic E-state index is 16.0. The molecule has 1 spiro atoms. The number of piperidine rings is 2. The van der Waals surface area contributed by atoms with Crippen molar-refractivity contribution in [3.05, 3.63) is 87.9 Å². The molecule has 3 aromatic carbocycles. The lowest BCUT2D eigenvalue weighted by molar-refractivity contribution is -0.136. The molecular weight excluding hydrogens is 763 g/mol. The first-order valence-electron chi connectivity index (χ1n) is 20.0. The molecule has 5 amide bonds. The Bertz CT molecular complexity index is 2240. The number of nitrogens with one attached hydrogen (secondary N) is 1. The van der Waals surface area contributed by atoms with E-state index in [9.17, 15) is 29.2 Å². The molecule has 5 fully saturated rings. The van der Waals surface area contributed by atoms with Crippen LogP contribution >= 0.6 is 11.6 Å². The minimum Gasteiger partial charge on any atom is -0.371 e. The number of hydrogen-bond acceptors (Lipinski definition) is 10. The van der Waals surface area contributed by atoms with Gasteiger partial charge < -0.3 is 19.6 Å². The summed E-state index contributed by atoms with van der Waals surface area (Å²) in [7, 11) is 0. The van der Waals surface area contributed by atoms with Crippen molar-refractivity contribution in [3.63, 3.8) is 0 Å². The van der Waals surface area contributed by atoms with E-state index in [0.717, 1.165) is 61.7 Å². The smallest absolute Gasteiger partial charge is 0.262 e. The highest BCUT2D eigenvalue weighted by Crippen LogP contribution is 2.43. The van der Waals surface area contributed by atoms with Crippen LogP contribution in [0.4, 0.5) is 21.5 Å². The number of benzene rings is 3. The number of piperazine rings is 1. The number of anilines is 3. The first kappa shape index (κ1) is 38.0. The summed E-state index contributed by atoms with van der Waals surface area (Å²) in [6.07, 6.45) is 3.42. The predicted octanol–water partition coefficient (Wildman–Crippen LogP) is 4.10. The van der Waals surface area contributed by atoms with Crippen LogP contribution in [0, 0.1) is 16.7 Å². The Morgan fingerprint density at radius 2 is 1.41 bits per heavy atom. The van der Waals surface area contributed by atoms with Crippen LogP contribution in [0.15, 0.2) is 60.7 Å². The minimum atomic E-state index is -1.47. The molecule has 1 unspecified atom stereocenters. The summed E-state index contributed by atoms with van der Waals surface area (Å²) in [6, 6.07) is 19.5. The maximum Gasteiger partial charge on any atom is 0.262 e. The van der Waals surface area contributed by atoms with E-state index in [-0.39, 0.29) is 54.9 Å². The number of rotatable bonds is 7. The summed E-state index contributed by atoms with van der Waals surface area (Å²) < 4.78 is 16.0. The first-order valence-corrected chi connectivity index (χ1v) is 20.4. The fourth-order valence-electron chi connectivity index (χ4n) is 9.68. The van der Waals surface area contributed by atoms with Crippen molar-refractivity contribution in [2.75, 3.05) is 86.7 Å². The van der Waals surface area contributed by atoms with E-state index in [0.29, 0.717) is 48.0 Å². The van der Waals surface area contributed by atoms with Gasteiger partial charge in [0, 0.05) is 87.9 Å². The van der Waals surface area contributed by atoms with Crippen LogP contribution < -0.4 is 20.0 Å². The normalized spacial score (nSPS) is 22.9. The van der Waals surface area contributed by atoms with Crippen LogP contribution in [0.2, 0.25) is 5.02 Å². The molecule has 1 atom stereocenters. The van der Waals surface area contributed by atoms with Gasteiger partial charge in [-0.25, -0.2) is 4.39 Å². The molecule has 15 heteroatoms. The molecule has 0 saturated carbocycles. The summed E-state index contributed by atoms with van der Waals surface area (Å²) in [6.45, 7) is 6.46. The van der Waals surface area contributed by atoms with Gasteiger partial charge in [0.25, 0.3) is 17.7 Å².